The van der Waals surface area contributed by atoms with E-state index in [1.165, 1.54) is 25.2 Å². The predicted molar refractivity (Wildman–Crippen MR) is 80.3 cm³/mol. The number of alkyl halides is 1. The van der Waals surface area contributed by atoms with Gasteiger partial charge in [-0.2, -0.15) is 0 Å². The van der Waals surface area contributed by atoms with Gasteiger partial charge in [0.1, 0.15) is 6.17 Å². The highest BCUT2D eigenvalue weighted by molar-refractivity contribution is 7.89. The molecule has 2 amide bonds. The van der Waals surface area contributed by atoms with E-state index in [4.69, 9.17) is 0 Å². The fourth-order valence-electron chi connectivity index (χ4n) is 2.97. The largest absolute Gasteiger partial charge is 0.277 e. The van der Waals surface area contributed by atoms with E-state index in [0.717, 1.165) is 4.90 Å². The summed E-state index contributed by atoms with van der Waals surface area (Å²) >= 11 is 0. The van der Waals surface area contributed by atoms with Crippen LogP contribution in [0.4, 0.5) is 4.39 Å². The number of sulfonamides is 1. The number of halogens is 1. The molecule has 0 saturated heterocycles. The van der Waals surface area contributed by atoms with Crippen molar-refractivity contribution in [2.75, 3.05) is 7.05 Å². The number of amides is 2. The van der Waals surface area contributed by atoms with Crippen LogP contribution >= 0.6 is 0 Å². The lowest BCUT2D eigenvalue weighted by Crippen LogP contribution is -2.38. The Labute approximate surface area is 133 Å². The lowest BCUT2D eigenvalue weighted by Gasteiger charge is -2.24. The van der Waals surface area contributed by atoms with E-state index < -0.39 is 28.0 Å². The van der Waals surface area contributed by atoms with E-state index in [9.17, 15) is 22.4 Å². The summed E-state index contributed by atoms with van der Waals surface area (Å²) in [5, 5.41) is 0. The van der Waals surface area contributed by atoms with Crippen LogP contribution < -0.4 is 4.72 Å². The first kappa shape index (κ1) is 16.1. The highest BCUT2D eigenvalue weighted by Gasteiger charge is 2.34. The Bertz CT molecular complexity index is 770. The van der Waals surface area contributed by atoms with E-state index in [1.54, 1.807) is 0 Å². The standard InChI is InChI=1S/C15H17FN2O4S/c1-18-14(19)12-7-6-11(8-13(12)15(18)20)23(21,22)17-10-4-2-9(16)3-5-10/h6-10,17H,2-5H2,1H3. The molecular weight excluding hydrogens is 323 g/mol. The van der Waals surface area contributed by atoms with Gasteiger partial charge in [-0.15, -0.1) is 0 Å². The Hall–Kier alpha value is -1.80. The Morgan fingerprint density at radius 3 is 2.35 bits per heavy atom. The summed E-state index contributed by atoms with van der Waals surface area (Å²) in [5.41, 5.74) is 0.294. The highest BCUT2D eigenvalue weighted by Crippen LogP contribution is 2.26. The fraction of sp³-hybridized carbons (Fsp3) is 0.467. The van der Waals surface area contributed by atoms with Crippen molar-refractivity contribution in [3.8, 4) is 0 Å². The summed E-state index contributed by atoms with van der Waals surface area (Å²) in [4.78, 5) is 24.7. The van der Waals surface area contributed by atoms with Gasteiger partial charge in [0.25, 0.3) is 11.8 Å². The van der Waals surface area contributed by atoms with Gasteiger partial charge in [0, 0.05) is 13.1 Å². The van der Waals surface area contributed by atoms with Gasteiger partial charge in [-0.05, 0) is 43.9 Å². The third-order valence-corrected chi connectivity index (χ3v) is 5.87. The number of carbonyl (C=O) groups excluding carboxylic acids is 2. The molecule has 1 aliphatic heterocycles. The van der Waals surface area contributed by atoms with Crippen molar-refractivity contribution in [3.63, 3.8) is 0 Å². The SMILES string of the molecule is CN1C(=O)c2ccc(S(=O)(=O)NC3CCC(F)CC3)cc2C1=O. The molecule has 124 valence electrons. The molecule has 1 saturated carbocycles. The van der Waals surface area contributed by atoms with Gasteiger partial charge in [-0.25, -0.2) is 17.5 Å². The van der Waals surface area contributed by atoms with Crippen molar-refractivity contribution in [1.82, 2.24) is 9.62 Å². The molecule has 2 aliphatic rings. The highest BCUT2D eigenvalue weighted by atomic mass is 32.2. The van der Waals surface area contributed by atoms with Gasteiger partial charge in [-0.3, -0.25) is 14.5 Å². The molecule has 1 aromatic rings. The second-order valence-corrected chi connectivity index (χ2v) is 7.66. The maximum Gasteiger partial charge on any atom is 0.261 e. The van der Waals surface area contributed by atoms with Crippen molar-refractivity contribution in [3.05, 3.63) is 29.3 Å². The van der Waals surface area contributed by atoms with Crippen LogP contribution in [0.15, 0.2) is 23.1 Å². The zero-order valence-corrected chi connectivity index (χ0v) is 13.4. The van der Waals surface area contributed by atoms with Crippen LogP contribution in [0.1, 0.15) is 46.4 Å². The lowest BCUT2D eigenvalue weighted by atomic mass is 9.95. The first-order chi connectivity index (χ1) is 10.8. The maximum absolute atomic E-state index is 13.1. The molecule has 0 radical (unpaired) electrons. The van der Waals surface area contributed by atoms with Crippen molar-refractivity contribution in [2.24, 2.45) is 0 Å². The fourth-order valence-corrected chi connectivity index (χ4v) is 4.30. The Kier molecular flexibility index (Phi) is 3.97. The summed E-state index contributed by atoms with van der Waals surface area (Å²) in [6, 6.07) is 3.58. The van der Waals surface area contributed by atoms with Crippen molar-refractivity contribution < 1.29 is 22.4 Å². The molecule has 3 rings (SSSR count). The van der Waals surface area contributed by atoms with Gasteiger partial charge < -0.3 is 0 Å². The van der Waals surface area contributed by atoms with Gasteiger partial charge >= 0.3 is 0 Å². The molecule has 23 heavy (non-hydrogen) atoms. The third kappa shape index (κ3) is 2.88. The van der Waals surface area contributed by atoms with Crippen LogP contribution in [0.25, 0.3) is 0 Å². The lowest BCUT2D eigenvalue weighted by molar-refractivity contribution is 0.0693. The summed E-state index contributed by atoms with van der Waals surface area (Å²) < 4.78 is 40.6. The average molecular weight is 340 g/mol. The van der Waals surface area contributed by atoms with Crippen LogP contribution in [0.2, 0.25) is 0 Å². The molecule has 8 heteroatoms. The number of imide groups is 1. The van der Waals surface area contributed by atoms with E-state index in [2.05, 4.69) is 4.72 Å². The number of rotatable bonds is 3. The molecule has 1 heterocycles. The molecule has 0 unspecified atom stereocenters. The van der Waals surface area contributed by atoms with Crippen molar-refractivity contribution >= 4 is 21.8 Å². The zero-order valence-electron chi connectivity index (χ0n) is 12.6. The number of nitrogens with zero attached hydrogens (tertiary/aromatic N) is 1. The quantitative estimate of drug-likeness (QED) is 0.845. The van der Waals surface area contributed by atoms with Crippen molar-refractivity contribution in [2.45, 2.75) is 42.8 Å². The zero-order chi connectivity index (χ0) is 16.8. The molecule has 1 aromatic carbocycles. The molecule has 1 fully saturated rings. The number of nitrogens with one attached hydrogen (secondary N) is 1. The molecule has 0 bridgehead atoms. The maximum atomic E-state index is 13.1. The van der Waals surface area contributed by atoms with Crippen LogP contribution in [0, 0.1) is 0 Å². The summed E-state index contributed by atoms with van der Waals surface area (Å²) in [6.45, 7) is 0. The van der Waals surface area contributed by atoms with Gasteiger partial charge in [0.05, 0.1) is 16.0 Å². The summed E-state index contributed by atoms with van der Waals surface area (Å²) in [6.07, 6.45) is 0.719. The van der Waals surface area contributed by atoms with Crippen LogP contribution in [-0.2, 0) is 10.0 Å². The van der Waals surface area contributed by atoms with Gasteiger partial charge in [-0.1, -0.05) is 0 Å². The Morgan fingerprint density at radius 2 is 1.70 bits per heavy atom. The minimum absolute atomic E-state index is 0.0601. The molecule has 0 atom stereocenters. The number of hydrogen-bond donors (Lipinski definition) is 1. The van der Waals surface area contributed by atoms with Crippen LogP contribution in [0.3, 0.4) is 0 Å². The van der Waals surface area contributed by atoms with E-state index in [0.29, 0.717) is 25.7 Å². The van der Waals surface area contributed by atoms with Crippen LogP contribution in [0.5, 0.6) is 0 Å². The Balaban J connectivity index is 1.85. The van der Waals surface area contributed by atoms with Crippen LogP contribution in [-0.4, -0.2) is 44.4 Å². The number of carbonyl (C=O) groups is 2. The van der Waals surface area contributed by atoms with E-state index in [-0.39, 0.29) is 22.1 Å². The van der Waals surface area contributed by atoms with Crippen molar-refractivity contribution in [1.29, 1.82) is 0 Å². The average Bonchev–Trinajstić information content (AvgIpc) is 2.74. The molecule has 1 aliphatic carbocycles. The second kappa shape index (κ2) is 5.68. The second-order valence-electron chi connectivity index (χ2n) is 5.95. The molecule has 0 aromatic heterocycles. The van der Waals surface area contributed by atoms with E-state index >= 15 is 0 Å². The molecule has 6 nitrogen and oxygen atoms in total. The predicted octanol–water partition coefficient (Wildman–Crippen LogP) is 1.47. The summed E-state index contributed by atoms with van der Waals surface area (Å²) in [5.74, 6) is -0.955. The minimum Gasteiger partial charge on any atom is -0.277 e. The molecule has 1 N–H and O–H groups in total. The molecular formula is C15H17FN2O4S. The number of benzene rings is 1. The monoisotopic (exact) mass is 340 g/mol. The van der Waals surface area contributed by atoms with Gasteiger partial charge in [0.2, 0.25) is 10.0 Å². The number of fused-ring (bicyclic) bond motifs is 1. The smallest absolute Gasteiger partial charge is 0.261 e. The summed E-state index contributed by atoms with van der Waals surface area (Å²) in [7, 11) is -2.46. The Morgan fingerprint density at radius 1 is 1.09 bits per heavy atom. The first-order valence-corrected chi connectivity index (χ1v) is 8.91. The van der Waals surface area contributed by atoms with Gasteiger partial charge in [0.15, 0.2) is 0 Å². The van der Waals surface area contributed by atoms with E-state index in [1.807, 2.05) is 0 Å². The minimum atomic E-state index is -3.81. The normalized spacial score (nSPS) is 24.9. The number of hydrogen-bond acceptors (Lipinski definition) is 4. The molecule has 0 spiro atoms. The topological polar surface area (TPSA) is 83.6 Å². The third-order valence-electron chi connectivity index (χ3n) is 4.35. The first-order valence-electron chi connectivity index (χ1n) is 7.42.